The maximum absolute atomic E-state index is 5.52. The summed E-state index contributed by atoms with van der Waals surface area (Å²) in [4.78, 5) is 0. The molecule has 0 aliphatic carbocycles. The Balaban J connectivity index is 1.94. The van der Waals surface area contributed by atoms with Crippen LogP contribution in [-0.4, -0.2) is 0 Å². The normalized spacial score (nSPS) is 9.85. The zero-order valence-corrected chi connectivity index (χ0v) is 7.88. The van der Waals surface area contributed by atoms with Gasteiger partial charge in [-0.2, -0.15) is 0 Å². The summed E-state index contributed by atoms with van der Waals surface area (Å²) < 4.78 is 5.52. The molecule has 2 aromatic rings. The van der Waals surface area contributed by atoms with Crippen molar-refractivity contribution in [2.75, 3.05) is 0 Å². The van der Waals surface area contributed by atoms with E-state index < -0.39 is 0 Å². The molecule has 0 atom stereocenters. The third-order valence-corrected chi connectivity index (χ3v) is 2.38. The van der Waals surface area contributed by atoms with Crippen molar-refractivity contribution >= 4 is 11.3 Å². The third kappa shape index (κ3) is 2.33. The molecule has 0 aliphatic heterocycles. The summed E-state index contributed by atoms with van der Waals surface area (Å²) >= 11 is 1.49. The second-order valence-corrected chi connectivity index (χ2v) is 3.49. The molecule has 0 saturated carbocycles. The molecule has 1 heterocycles. The predicted molar refractivity (Wildman–Crippen MR) is 53.9 cm³/mol. The van der Waals surface area contributed by atoms with Crippen LogP contribution in [0.25, 0.3) is 0 Å². The monoisotopic (exact) mass is 189 g/mol. The Hall–Kier alpha value is -1.28. The Morgan fingerprint density at radius 3 is 2.69 bits per heavy atom. The van der Waals surface area contributed by atoms with Crippen LogP contribution in [0.5, 0.6) is 5.06 Å². The fourth-order valence-corrected chi connectivity index (χ4v) is 1.54. The van der Waals surface area contributed by atoms with Gasteiger partial charge in [0.1, 0.15) is 6.61 Å². The average Bonchev–Trinajstić information content (AvgIpc) is 2.69. The molecule has 2 heteroatoms. The van der Waals surface area contributed by atoms with Gasteiger partial charge < -0.3 is 4.74 Å². The van der Waals surface area contributed by atoms with Crippen LogP contribution >= 0.6 is 11.3 Å². The molecule has 0 spiro atoms. The Morgan fingerprint density at radius 1 is 1.15 bits per heavy atom. The largest absolute Gasteiger partial charge is 0.479 e. The van der Waals surface area contributed by atoms with Gasteiger partial charge in [0.05, 0.1) is 0 Å². The molecular weight excluding hydrogens is 180 g/mol. The van der Waals surface area contributed by atoms with Crippen molar-refractivity contribution in [1.82, 2.24) is 0 Å². The molecule has 0 unspecified atom stereocenters. The van der Waals surface area contributed by atoms with Crippen molar-refractivity contribution in [3.05, 3.63) is 53.4 Å². The first-order valence-corrected chi connectivity index (χ1v) is 4.89. The van der Waals surface area contributed by atoms with Gasteiger partial charge in [0.15, 0.2) is 5.06 Å². The van der Waals surface area contributed by atoms with Crippen LogP contribution in [0.15, 0.2) is 42.5 Å². The molecule has 0 bridgehead atoms. The zero-order chi connectivity index (χ0) is 8.93. The first-order valence-electron chi connectivity index (χ1n) is 4.08. The maximum Gasteiger partial charge on any atom is 0.174 e. The lowest BCUT2D eigenvalue weighted by Gasteiger charge is -2.02. The summed E-state index contributed by atoms with van der Waals surface area (Å²) in [6.45, 7) is 0.634. The predicted octanol–water partition coefficient (Wildman–Crippen LogP) is 3.13. The Morgan fingerprint density at radius 2 is 2.00 bits per heavy atom. The second-order valence-electron chi connectivity index (χ2n) is 2.65. The highest BCUT2D eigenvalue weighted by molar-refractivity contribution is 7.11. The molecule has 0 amide bonds. The molecule has 1 nitrogen and oxygen atoms in total. The number of ether oxygens (including phenoxy) is 1. The van der Waals surface area contributed by atoms with E-state index in [1.807, 2.05) is 30.3 Å². The maximum atomic E-state index is 5.52. The highest BCUT2D eigenvalue weighted by atomic mass is 32.1. The van der Waals surface area contributed by atoms with E-state index in [-0.39, 0.29) is 0 Å². The lowest BCUT2D eigenvalue weighted by Crippen LogP contribution is -1.92. The molecule has 0 aliphatic rings. The van der Waals surface area contributed by atoms with E-state index in [0.29, 0.717) is 6.61 Å². The third-order valence-electron chi connectivity index (χ3n) is 1.67. The Bertz CT molecular complexity index is 340. The Kier molecular flexibility index (Phi) is 2.62. The van der Waals surface area contributed by atoms with Gasteiger partial charge in [-0.25, -0.2) is 0 Å². The van der Waals surface area contributed by atoms with Gasteiger partial charge in [-0.3, -0.25) is 0 Å². The summed E-state index contributed by atoms with van der Waals surface area (Å²) in [5.41, 5.74) is 1.19. The summed E-state index contributed by atoms with van der Waals surface area (Å²) in [7, 11) is 0. The second kappa shape index (κ2) is 4.10. The fraction of sp³-hybridized carbons (Fsp3) is 0.0909. The van der Waals surface area contributed by atoms with E-state index in [1.54, 1.807) is 0 Å². The van der Waals surface area contributed by atoms with Crippen LogP contribution in [0, 0.1) is 5.38 Å². The molecule has 65 valence electrons. The summed E-state index contributed by atoms with van der Waals surface area (Å²) in [6, 6.07) is 13.9. The van der Waals surface area contributed by atoms with Crippen LogP contribution in [0.2, 0.25) is 0 Å². The van der Waals surface area contributed by atoms with Crippen LogP contribution in [0.1, 0.15) is 5.56 Å². The van der Waals surface area contributed by atoms with Gasteiger partial charge in [0.2, 0.25) is 0 Å². The minimum absolute atomic E-state index is 0.634. The van der Waals surface area contributed by atoms with Crippen molar-refractivity contribution in [1.29, 1.82) is 0 Å². The molecular formula is C11H9OS. The average molecular weight is 189 g/mol. The van der Waals surface area contributed by atoms with Gasteiger partial charge in [0.25, 0.3) is 0 Å². The quantitative estimate of drug-likeness (QED) is 0.720. The number of rotatable bonds is 3. The van der Waals surface area contributed by atoms with Crippen LogP contribution in [0.4, 0.5) is 0 Å². The molecule has 1 radical (unpaired) electrons. The van der Waals surface area contributed by atoms with Crippen LogP contribution in [-0.2, 0) is 6.61 Å². The highest BCUT2D eigenvalue weighted by Gasteiger charge is 1.94. The topological polar surface area (TPSA) is 9.23 Å². The highest BCUT2D eigenvalue weighted by Crippen LogP contribution is 2.18. The standard InChI is InChI=1S/C11H9OS/c1-2-5-10(6-3-1)9-12-11-7-4-8-13-11/h1-7H,9H2. The van der Waals surface area contributed by atoms with E-state index in [1.165, 1.54) is 16.9 Å². The lowest BCUT2D eigenvalue weighted by atomic mass is 10.2. The molecule has 1 aromatic heterocycles. The molecule has 13 heavy (non-hydrogen) atoms. The summed E-state index contributed by atoms with van der Waals surface area (Å²) in [5.74, 6) is 0. The van der Waals surface area contributed by atoms with E-state index in [4.69, 9.17) is 4.74 Å². The zero-order valence-electron chi connectivity index (χ0n) is 7.07. The number of hydrogen-bond acceptors (Lipinski definition) is 2. The van der Waals surface area contributed by atoms with Gasteiger partial charge in [0, 0.05) is 5.38 Å². The first kappa shape index (κ1) is 8.32. The molecule has 2 rings (SSSR count). The molecule has 0 N–H and O–H groups in total. The van der Waals surface area contributed by atoms with Gasteiger partial charge in [-0.15, -0.1) is 0 Å². The van der Waals surface area contributed by atoms with Crippen molar-refractivity contribution in [3.63, 3.8) is 0 Å². The minimum Gasteiger partial charge on any atom is -0.479 e. The fourth-order valence-electron chi connectivity index (χ4n) is 1.03. The van der Waals surface area contributed by atoms with Gasteiger partial charge in [-0.05, 0) is 17.7 Å². The molecule has 1 aromatic carbocycles. The smallest absolute Gasteiger partial charge is 0.174 e. The first-order chi connectivity index (χ1) is 6.45. The van der Waals surface area contributed by atoms with E-state index in [2.05, 4.69) is 17.5 Å². The number of hydrogen-bond donors (Lipinski definition) is 0. The van der Waals surface area contributed by atoms with Gasteiger partial charge in [-0.1, -0.05) is 41.7 Å². The van der Waals surface area contributed by atoms with Gasteiger partial charge >= 0.3 is 0 Å². The summed E-state index contributed by atoms with van der Waals surface area (Å²) in [5, 5.41) is 3.90. The van der Waals surface area contributed by atoms with Crippen LogP contribution < -0.4 is 4.74 Å². The lowest BCUT2D eigenvalue weighted by molar-refractivity contribution is 0.315. The number of thiophene rings is 1. The van der Waals surface area contributed by atoms with Crippen molar-refractivity contribution in [2.24, 2.45) is 0 Å². The SMILES string of the molecule is [c]1ccc(OCc2ccccc2)s1. The van der Waals surface area contributed by atoms with E-state index in [0.717, 1.165) is 5.06 Å². The van der Waals surface area contributed by atoms with Crippen LogP contribution in [0.3, 0.4) is 0 Å². The Labute approximate surface area is 81.6 Å². The van der Waals surface area contributed by atoms with E-state index in [9.17, 15) is 0 Å². The van der Waals surface area contributed by atoms with Crippen molar-refractivity contribution in [3.8, 4) is 5.06 Å². The summed E-state index contributed by atoms with van der Waals surface area (Å²) in [6.07, 6.45) is 0. The van der Waals surface area contributed by atoms with Crippen molar-refractivity contribution < 1.29 is 4.74 Å². The van der Waals surface area contributed by atoms with E-state index >= 15 is 0 Å². The molecule has 0 saturated heterocycles. The molecule has 0 fully saturated rings. The van der Waals surface area contributed by atoms with Crippen molar-refractivity contribution in [2.45, 2.75) is 6.61 Å². The number of benzene rings is 1. The minimum atomic E-state index is 0.634.